The Labute approximate surface area is 174 Å². The van der Waals surface area contributed by atoms with Gasteiger partial charge in [0.15, 0.2) is 0 Å². The van der Waals surface area contributed by atoms with E-state index >= 15 is 0 Å². The first-order chi connectivity index (χ1) is 14.0. The number of thioether (sulfide) groups is 1. The van der Waals surface area contributed by atoms with Crippen LogP contribution in [0.3, 0.4) is 0 Å². The summed E-state index contributed by atoms with van der Waals surface area (Å²) >= 11 is 19.1. The van der Waals surface area contributed by atoms with E-state index in [0.29, 0.717) is 22.3 Å². The fourth-order valence-corrected chi connectivity index (χ4v) is 3.59. The summed E-state index contributed by atoms with van der Waals surface area (Å²) in [4.78, 5) is 4.10. The van der Waals surface area contributed by atoms with Gasteiger partial charge in [-0.15, -0.1) is 11.8 Å². The molecular weight excluding hydrogens is 395 g/mol. The molecule has 0 aliphatic carbocycles. The molecule has 1 aromatic heterocycles. The molecule has 1 heterocycles. The van der Waals surface area contributed by atoms with Gasteiger partial charge in [0, 0.05) is 38.1 Å². The number of halogens is 3. The molecule has 1 unspecified atom stereocenters. The summed E-state index contributed by atoms with van der Waals surface area (Å²) in [7, 11) is 0. The summed E-state index contributed by atoms with van der Waals surface area (Å²) in [6, 6.07) is 11.3. The van der Waals surface area contributed by atoms with Crippen LogP contribution < -0.4 is 0 Å². The van der Waals surface area contributed by atoms with Gasteiger partial charge < -0.3 is 4.57 Å². The van der Waals surface area contributed by atoms with E-state index in [-0.39, 0.29) is 21.4 Å². The highest BCUT2D eigenvalue weighted by Crippen LogP contribution is 2.38. The average molecular weight is 417 g/mol. The fourth-order valence-electron chi connectivity index (χ4n) is 2.01. The van der Waals surface area contributed by atoms with E-state index in [2.05, 4.69) is 4.98 Å². The minimum Gasteiger partial charge on any atom is -0.336 e. The Morgan fingerprint density at radius 1 is 1.12 bits per heavy atom. The minimum atomic E-state index is -2.51. The van der Waals surface area contributed by atoms with E-state index in [1.165, 1.54) is 18.7 Å². The van der Waals surface area contributed by atoms with Crippen LogP contribution in [0.1, 0.15) is 18.8 Å². The Morgan fingerprint density at radius 3 is 2.48 bits per heavy atom. The van der Waals surface area contributed by atoms with Gasteiger partial charge in [-0.1, -0.05) is 53.0 Å². The van der Waals surface area contributed by atoms with Crippen LogP contribution in [0.25, 0.3) is 0 Å². The average Bonchev–Trinajstić information content (AvgIpc) is 3.22. The molecule has 1 atom stereocenters. The number of aromatic nitrogens is 2. The lowest BCUT2D eigenvalue weighted by molar-refractivity contribution is 0.624. The van der Waals surface area contributed by atoms with Crippen molar-refractivity contribution in [3.05, 3.63) is 81.8 Å². The smallest absolute Gasteiger partial charge is 0.0946 e. The Kier molecular flexibility index (Phi) is 4.71. The second-order valence-electron chi connectivity index (χ2n) is 5.04. The number of imidazole rings is 1. The van der Waals surface area contributed by atoms with E-state index in [1.54, 1.807) is 42.5 Å². The second-order valence-corrected chi connectivity index (χ2v) is 7.32. The van der Waals surface area contributed by atoms with Gasteiger partial charge in [0.05, 0.1) is 19.1 Å². The van der Waals surface area contributed by atoms with Crippen LogP contribution in [-0.2, 0) is 12.9 Å². The molecule has 0 amide bonds. The van der Waals surface area contributed by atoms with Crippen molar-refractivity contribution in [1.29, 1.82) is 0 Å². The molecule has 6 heteroatoms. The van der Waals surface area contributed by atoms with E-state index < -0.39 is 18.1 Å². The Hall–Kier alpha value is -1.13. The Bertz CT molecular complexity index is 995. The number of nitrogens with zero attached hydrogens (tertiary/aromatic N) is 2. The van der Waals surface area contributed by atoms with E-state index in [1.807, 2.05) is 0 Å². The van der Waals surface area contributed by atoms with Gasteiger partial charge in [-0.25, -0.2) is 4.98 Å². The third kappa shape index (κ3) is 5.42. The standard InChI is InChI=1S/C19H17Cl3N2S/c20-15-7-4-14(5-8-15)6-9-16(12-24-11-10-23-13-24)25-19-17(21)2-1-3-18(19)22/h1-5,7-8,10-11,13,16H,6,9,12H2/i9D2,12D2,16D. The molecule has 0 N–H and O–H groups in total. The molecule has 0 saturated carbocycles. The number of rotatable bonds is 7. The Morgan fingerprint density at radius 2 is 1.84 bits per heavy atom. The summed E-state index contributed by atoms with van der Waals surface area (Å²) in [5.41, 5.74) is 0.577. The van der Waals surface area contributed by atoms with Crippen LogP contribution >= 0.6 is 46.6 Å². The number of hydrogen-bond donors (Lipinski definition) is 0. The maximum atomic E-state index is 9.15. The van der Waals surface area contributed by atoms with E-state index in [4.69, 9.17) is 41.7 Å². The van der Waals surface area contributed by atoms with Gasteiger partial charge in [0.25, 0.3) is 0 Å². The molecule has 0 spiro atoms. The van der Waals surface area contributed by atoms with E-state index in [0.717, 1.165) is 4.57 Å². The van der Waals surface area contributed by atoms with Gasteiger partial charge in [-0.3, -0.25) is 0 Å². The van der Waals surface area contributed by atoms with Gasteiger partial charge in [-0.05, 0) is 42.6 Å². The van der Waals surface area contributed by atoms with Crippen LogP contribution in [0.5, 0.6) is 0 Å². The lowest BCUT2D eigenvalue weighted by atomic mass is 10.1. The SMILES string of the molecule is [2H]C([2H])(Cc1ccc(Cl)cc1)C([2H])(Sc1c(Cl)cccc1Cl)C([2H])([2H])n1ccnc1. The highest BCUT2D eigenvalue weighted by atomic mass is 35.5. The van der Waals surface area contributed by atoms with Crippen LogP contribution in [0.2, 0.25) is 15.1 Å². The van der Waals surface area contributed by atoms with Gasteiger partial charge >= 0.3 is 0 Å². The monoisotopic (exact) mass is 415 g/mol. The van der Waals surface area contributed by atoms with Crippen molar-refractivity contribution in [3.63, 3.8) is 0 Å². The minimum absolute atomic E-state index is 0.216. The first-order valence-electron chi connectivity index (χ1n) is 9.84. The third-order valence-electron chi connectivity index (χ3n) is 3.22. The van der Waals surface area contributed by atoms with Crippen LogP contribution in [0, 0.1) is 0 Å². The molecule has 130 valence electrons. The van der Waals surface area contributed by atoms with Crippen molar-refractivity contribution < 1.29 is 6.85 Å². The molecule has 25 heavy (non-hydrogen) atoms. The molecule has 0 fully saturated rings. The molecule has 2 nitrogen and oxygen atoms in total. The second kappa shape index (κ2) is 9.00. The summed E-state index contributed by atoms with van der Waals surface area (Å²) in [5.74, 6) is 0. The van der Waals surface area contributed by atoms with Crippen molar-refractivity contribution in [2.75, 3.05) is 0 Å². The molecule has 0 saturated heterocycles. The molecule has 3 aromatic rings. The van der Waals surface area contributed by atoms with Crippen molar-refractivity contribution >= 4 is 46.6 Å². The quantitative estimate of drug-likeness (QED) is 0.402. The zero-order valence-electron chi connectivity index (χ0n) is 17.9. The molecular formula is C19H17Cl3N2S. The van der Waals surface area contributed by atoms with Crippen LogP contribution in [0.15, 0.2) is 66.1 Å². The van der Waals surface area contributed by atoms with Gasteiger partial charge in [0.1, 0.15) is 0 Å². The largest absolute Gasteiger partial charge is 0.336 e. The normalized spacial score (nSPS) is 17.6. The zero-order chi connectivity index (χ0) is 22.2. The molecule has 0 radical (unpaired) electrons. The van der Waals surface area contributed by atoms with Gasteiger partial charge in [0.2, 0.25) is 0 Å². The summed E-state index contributed by atoms with van der Waals surface area (Å²) in [5, 5.41) is -1.46. The predicted octanol–water partition coefficient (Wildman–Crippen LogP) is 6.64. The molecule has 2 aromatic carbocycles. The fraction of sp³-hybridized carbons (Fsp3) is 0.211. The zero-order valence-corrected chi connectivity index (χ0v) is 16.0. The van der Waals surface area contributed by atoms with Crippen molar-refractivity contribution in [1.82, 2.24) is 9.55 Å². The highest BCUT2D eigenvalue weighted by molar-refractivity contribution is 8.00. The number of benzene rings is 2. The molecule has 3 rings (SSSR count). The Balaban J connectivity index is 2.12. The van der Waals surface area contributed by atoms with Gasteiger partial charge in [-0.2, -0.15) is 0 Å². The van der Waals surface area contributed by atoms with Crippen molar-refractivity contribution in [3.8, 4) is 0 Å². The molecule has 0 aliphatic rings. The lowest BCUT2D eigenvalue weighted by Gasteiger charge is -2.19. The topological polar surface area (TPSA) is 17.8 Å². The van der Waals surface area contributed by atoms with Crippen molar-refractivity contribution in [2.24, 2.45) is 0 Å². The first kappa shape index (κ1) is 13.1. The lowest BCUT2D eigenvalue weighted by Crippen LogP contribution is -2.13. The predicted molar refractivity (Wildman–Crippen MR) is 108 cm³/mol. The first-order valence-corrected chi connectivity index (χ1v) is 9.29. The maximum Gasteiger partial charge on any atom is 0.0946 e. The van der Waals surface area contributed by atoms with Crippen molar-refractivity contribution in [2.45, 2.75) is 29.4 Å². The highest BCUT2D eigenvalue weighted by Gasteiger charge is 2.16. The summed E-state index contributed by atoms with van der Waals surface area (Å²) in [6.07, 6.45) is 1.37. The third-order valence-corrected chi connectivity index (χ3v) is 5.41. The molecule has 0 aliphatic heterocycles. The number of hydrogen-bond acceptors (Lipinski definition) is 2. The molecule has 0 bridgehead atoms. The van der Waals surface area contributed by atoms with Crippen LogP contribution in [-0.4, -0.2) is 14.8 Å². The van der Waals surface area contributed by atoms with E-state index in [9.17, 15) is 0 Å². The maximum absolute atomic E-state index is 9.15. The summed E-state index contributed by atoms with van der Waals surface area (Å²) < 4.78 is 45.2. The number of aryl methyl sites for hydroxylation is 1. The summed E-state index contributed by atoms with van der Waals surface area (Å²) in [6.45, 7) is -2.51. The van der Waals surface area contributed by atoms with Crippen LogP contribution in [0.4, 0.5) is 0 Å².